The van der Waals surface area contributed by atoms with Gasteiger partial charge in [0.05, 0.1) is 12.1 Å². The fraction of sp³-hybridized carbons (Fsp3) is 0.316. The third-order valence-corrected chi connectivity index (χ3v) is 3.70. The van der Waals surface area contributed by atoms with Gasteiger partial charge in [-0.15, -0.1) is 0 Å². The van der Waals surface area contributed by atoms with Crippen molar-refractivity contribution < 1.29 is 14.6 Å². The average molecular weight is 313 g/mol. The summed E-state index contributed by atoms with van der Waals surface area (Å²) in [5, 5.41) is 13.3. The summed E-state index contributed by atoms with van der Waals surface area (Å²) in [4.78, 5) is 12.0. The van der Waals surface area contributed by atoms with E-state index in [0.29, 0.717) is 0 Å². The molecule has 0 saturated heterocycles. The van der Waals surface area contributed by atoms with E-state index in [0.717, 1.165) is 11.1 Å². The summed E-state index contributed by atoms with van der Waals surface area (Å²) in [6.07, 6.45) is -1.30. The molecule has 0 saturated carbocycles. The first-order valence-electron chi connectivity index (χ1n) is 7.78. The van der Waals surface area contributed by atoms with E-state index in [-0.39, 0.29) is 12.5 Å². The highest BCUT2D eigenvalue weighted by molar-refractivity contribution is 5.67. The van der Waals surface area contributed by atoms with Crippen molar-refractivity contribution in [2.24, 2.45) is 5.92 Å². The Kier molecular flexibility index (Phi) is 6.18. The van der Waals surface area contributed by atoms with Gasteiger partial charge in [-0.1, -0.05) is 74.5 Å². The van der Waals surface area contributed by atoms with E-state index in [1.54, 1.807) is 0 Å². The molecule has 0 radical (unpaired) electrons. The number of amides is 1. The fourth-order valence-corrected chi connectivity index (χ4v) is 2.37. The SMILES string of the molecule is CC(C)[C@H](NC(=O)OCc1ccccc1)[C@H](O)c1ccccc1. The number of hydrogen-bond donors (Lipinski definition) is 2. The predicted molar refractivity (Wildman–Crippen MR) is 89.8 cm³/mol. The first-order chi connectivity index (χ1) is 11.1. The summed E-state index contributed by atoms with van der Waals surface area (Å²) in [5.41, 5.74) is 1.70. The number of nitrogens with one attached hydrogen (secondary N) is 1. The Morgan fingerprint density at radius 2 is 1.61 bits per heavy atom. The molecule has 0 aliphatic rings. The average Bonchev–Trinajstić information content (AvgIpc) is 2.58. The molecule has 0 spiro atoms. The van der Waals surface area contributed by atoms with Crippen molar-refractivity contribution in [1.29, 1.82) is 0 Å². The number of benzene rings is 2. The number of rotatable bonds is 6. The molecule has 1 amide bonds. The molecule has 0 aliphatic heterocycles. The molecule has 4 nitrogen and oxygen atoms in total. The third-order valence-electron chi connectivity index (χ3n) is 3.70. The van der Waals surface area contributed by atoms with Crippen LogP contribution in [-0.4, -0.2) is 17.2 Å². The first kappa shape index (κ1) is 17.0. The summed E-state index contributed by atoms with van der Waals surface area (Å²) in [6.45, 7) is 4.11. The number of aliphatic hydroxyl groups is 1. The van der Waals surface area contributed by atoms with Crippen LogP contribution in [0.1, 0.15) is 31.1 Å². The van der Waals surface area contributed by atoms with Gasteiger partial charge in [0, 0.05) is 0 Å². The summed E-state index contributed by atoms with van der Waals surface area (Å²) >= 11 is 0. The van der Waals surface area contributed by atoms with E-state index >= 15 is 0 Å². The molecule has 2 rings (SSSR count). The van der Waals surface area contributed by atoms with Crippen LogP contribution < -0.4 is 5.32 Å². The highest BCUT2D eigenvalue weighted by Crippen LogP contribution is 2.21. The number of aliphatic hydroxyl groups excluding tert-OH is 1. The first-order valence-corrected chi connectivity index (χ1v) is 7.78. The van der Waals surface area contributed by atoms with Crippen LogP contribution in [0.15, 0.2) is 60.7 Å². The molecule has 2 N–H and O–H groups in total. The zero-order valence-electron chi connectivity index (χ0n) is 13.5. The molecule has 122 valence electrons. The van der Waals surface area contributed by atoms with Gasteiger partial charge in [0.1, 0.15) is 6.61 Å². The van der Waals surface area contributed by atoms with Crippen molar-refractivity contribution in [2.75, 3.05) is 0 Å². The van der Waals surface area contributed by atoms with Crippen molar-refractivity contribution in [1.82, 2.24) is 5.32 Å². The lowest BCUT2D eigenvalue weighted by Gasteiger charge is -2.27. The molecular formula is C19H23NO3. The van der Waals surface area contributed by atoms with E-state index in [4.69, 9.17) is 4.74 Å². The number of alkyl carbamates (subject to hydrolysis) is 1. The van der Waals surface area contributed by atoms with E-state index in [1.165, 1.54) is 0 Å². The van der Waals surface area contributed by atoms with E-state index in [9.17, 15) is 9.90 Å². The topological polar surface area (TPSA) is 58.6 Å². The minimum Gasteiger partial charge on any atom is -0.445 e. The van der Waals surface area contributed by atoms with Gasteiger partial charge < -0.3 is 15.2 Å². The standard InChI is InChI=1S/C19H23NO3/c1-14(2)17(18(21)16-11-7-4-8-12-16)20-19(22)23-13-15-9-5-3-6-10-15/h3-12,14,17-18,21H,13H2,1-2H3,(H,20,22)/t17-,18+/m0/s1. The third kappa shape index (κ3) is 5.11. The van der Waals surface area contributed by atoms with Gasteiger partial charge in [-0.25, -0.2) is 4.79 Å². The number of hydrogen-bond acceptors (Lipinski definition) is 3. The van der Waals surface area contributed by atoms with E-state index < -0.39 is 18.2 Å². The normalized spacial score (nSPS) is 13.4. The Balaban J connectivity index is 1.95. The molecule has 4 heteroatoms. The minimum atomic E-state index is -0.777. The van der Waals surface area contributed by atoms with Crippen molar-refractivity contribution >= 4 is 6.09 Å². The Labute approximate surface area is 137 Å². The molecule has 0 fully saturated rings. The quantitative estimate of drug-likeness (QED) is 0.855. The van der Waals surface area contributed by atoms with Crippen LogP contribution in [0.2, 0.25) is 0 Å². The Hall–Kier alpha value is -2.33. The summed E-state index contributed by atoms with van der Waals surface area (Å²) in [7, 11) is 0. The van der Waals surface area contributed by atoms with Crippen LogP contribution in [0.3, 0.4) is 0 Å². The Morgan fingerprint density at radius 1 is 1.04 bits per heavy atom. The van der Waals surface area contributed by atoms with Crippen LogP contribution in [0.25, 0.3) is 0 Å². The molecule has 2 aromatic rings. The molecule has 2 atom stereocenters. The smallest absolute Gasteiger partial charge is 0.407 e. The van der Waals surface area contributed by atoms with Crippen LogP contribution in [0.5, 0.6) is 0 Å². The molecular weight excluding hydrogens is 290 g/mol. The van der Waals surface area contributed by atoms with Crippen LogP contribution in [-0.2, 0) is 11.3 Å². The molecule has 23 heavy (non-hydrogen) atoms. The maximum Gasteiger partial charge on any atom is 0.407 e. The van der Waals surface area contributed by atoms with Gasteiger partial charge in [-0.2, -0.15) is 0 Å². The number of ether oxygens (including phenoxy) is 1. The lowest BCUT2D eigenvalue weighted by Crippen LogP contribution is -2.43. The second-order valence-corrected chi connectivity index (χ2v) is 5.83. The molecule has 0 unspecified atom stereocenters. The molecule has 0 bridgehead atoms. The zero-order valence-corrected chi connectivity index (χ0v) is 13.5. The molecule has 2 aromatic carbocycles. The Bertz CT molecular complexity index is 599. The van der Waals surface area contributed by atoms with Crippen molar-refractivity contribution in [3.05, 3.63) is 71.8 Å². The lowest BCUT2D eigenvalue weighted by molar-refractivity contribution is 0.0863. The van der Waals surface area contributed by atoms with Crippen LogP contribution >= 0.6 is 0 Å². The van der Waals surface area contributed by atoms with Gasteiger partial charge in [-0.05, 0) is 17.0 Å². The Morgan fingerprint density at radius 3 is 2.17 bits per heavy atom. The van der Waals surface area contributed by atoms with Crippen molar-refractivity contribution in [3.63, 3.8) is 0 Å². The maximum atomic E-state index is 12.0. The highest BCUT2D eigenvalue weighted by Gasteiger charge is 2.26. The number of carbonyl (C=O) groups is 1. The van der Waals surface area contributed by atoms with Crippen molar-refractivity contribution in [2.45, 2.75) is 32.6 Å². The van der Waals surface area contributed by atoms with Crippen LogP contribution in [0, 0.1) is 5.92 Å². The van der Waals surface area contributed by atoms with Crippen molar-refractivity contribution in [3.8, 4) is 0 Å². The van der Waals surface area contributed by atoms with Gasteiger partial charge in [0.2, 0.25) is 0 Å². The van der Waals surface area contributed by atoms with Gasteiger partial charge in [0.25, 0.3) is 0 Å². The second kappa shape index (κ2) is 8.34. The maximum absolute atomic E-state index is 12.0. The predicted octanol–water partition coefficient (Wildman–Crippen LogP) is 3.67. The zero-order chi connectivity index (χ0) is 16.7. The second-order valence-electron chi connectivity index (χ2n) is 5.83. The minimum absolute atomic E-state index is 0.0643. The fourth-order valence-electron chi connectivity index (χ4n) is 2.37. The van der Waals surface area contributed by atoms with Crippen LogP contribution in [0.4, 0.5) is 4.79 Å². The van der Waals surface area contributed by atoms with E-state index in [1.807, 2.05) is 74.5 Å². The summed E-state index contributed by atoms with van der Waals surface area (Å²) < 4.78 is 5.23. The van der Waals surface area contributed by atoms with Gasteiger partial charge in [0.15, 0.2) is 0 Å². The number of carbonyl (C=O) groups excluding carboxylic acids is 1. The summed E-state index contributed by atoms with van der Waals surface area (Å²) in [6, 6.07) is 18.4. The molecule has 0 aliphatic carbocycles. The van der Waals surface area contributed by atoms with Gasteiger partial charge >= 0.3 is 6.09 Å². The van der Waals surface area contributed by atoms with E-state index in [2.05, 4.69) is 5.32 Å². The highest BCUT2D eigenvalue weighted by atomic mass is 16.5. The molecule has 0 aromatic heterocycles. The lowest BCUT2D eigenvalue weighted by atomic mass is 9.93. The summed E-state index contributed by atoms with van der Waals surface area (Å²) in [5.74, 6) is 0.0643. The molecule has 0 heterocycles. The monoisotopic (exact) mass is 313 g/mol. The largest absolute Gasteiger partial charge is 0.445 e. The van der Waals surface area contributed by atoms with Gasteiger partial charge in [-0.3, -0.25) is 0 Å².